The van der Waals surface area contributed by atoms with E-state index in [4.69, 9.17) is 15.2 Å². The first-order valence-corrected chi connectivity index (χ1v) is 6.27. The van der Waals surface area contributed by atoms with Crippen molar-refractivity contribution >= 4 is 0 Å². The Kier molecular flexibility index (Phi) is 4.34. The van der Waals surface area contributed by atoms with Gasteiger partial charge in [0, 0.05) is 24.4 Å². The quantitative estimate of drug-likeness (QED) is 0.759. The van der Waals surface area contributed by atoms with Crippen LogP contribution in [0.5, 0.6) is 5.88 Å². The third kappa shape index (κ3) is 2.96. The number of nitrogens with two attached hydrogens (primary N) is 1. The molecule has 4 nitrogen and oxygen atoms in total. The smallest absolute Gasteiger partial charge is 0.218 e. The van der Waals surface area contributed by atoms with Gasteiger partial charge in [-0.3, -0.25) is 0 Å². The molecule has 0 unspecified atom stereocenters. The summed E-state index contributed by atoms with van der Waals surface area (Å²) in [6.07, 6.45) is 3.37. The van der Waals surface area contributed by atoms with Crippen molar-refractivity contribution in [3.05, 3.63) is 22.9 Å². The number of ether oxygens (including phenoxy) is 2. The van der Waals surface area contributed by atoms with Gasteiger partial charge in [-0.15, -0.1) is 0 Å². The van der Waals surface area contributed by atoms with Crippen LogP contribution in [0.3, 0.4) is 0 Å². The molecule has 0 spiro atoms. The van der Waals surface area contributed by atoms with Gasteiger partial charge in [0.1, 0.15) is 6.61 Å². The molecule has 2 N–H and O–H groups in total. The summed E-state index contributed by atoms with van der Waals surface area (Å²) in [5.74, 6) is 0.688. The molecule has 1 aromatic heterocycles. The molecule has 0 aliphatic heterocycles. The average molecular weight is 236 g/mol. The molecule has 0 radical (unpaired) electrons. The molecule has 0 amide bonds. The lowest BCUT2D eigenvalue weighted by atomic mass is 10.1. The van der Waals surface area contributed by atoms with E-state index in [-0.39, 0.29) is 0 Å². The van der Waals surface area contributed by atoms with E-state index in [0.717, 1.165) is 18.4 Å². The number of rotatable bonds is 6. The molecular weight excluding hydrogens is 216 g/mol. The summed E-state index contributed by atoms with van der Waals surface area (Å²) in [4.78, 5) is 4.56. The second-order valence-corrected chi connectivity index (χ2v) is 4.16. The SMILES string of the molecule is CCOCCOc1nc2c(cc1CN)CCC2. The van der Waals surface area contributed by atoms with E-state index in [9.17, 15) is 0 Å². The maximum atomic E-state index is 5.72. The molecule has 94 valence electrons. The summed E-state index contributed by atoms with van der Waals surface area (Å²) >= 11 is 0. The van der Waals surface area contributed by atoms with Crippen LogP contribution in [0.15, 0.2) is 6.07 Å². The summed E-state index contributed by atoms with van der Waals surface area (Å²) in [6.45, 7) is 4.29. The third-order valence-electron chi connectivity index (χ3n) is 2.98. The predicted molar refractivity (Wildman–Crippen MR) is 66.1 cm³/mol. The molecule has 0 fully saturated rings. The average Bonchev–Trinajstić information content (AvgIpc) is 2.80. The first-order valence-electron chi connectivity index (χ1n) is 6.27. The van der Waals surface area contributed by atoms with Crippen LogP contribution in [-0.4, -0.2) is 24.8 Å². The summed E-state index contributed by atoms with van der Waals surface area (Å²) in [7, 11) is 0. The van der Waals surface area contributed by atoms with Gasteiger partial charge < -0.3 is 15.2 Å². The van der Waals surface area contributed by atoms with E-state index in [2.05, 4.69) is 11.1 Å². The molecule has 2 rings (SSSR count). The van der Waals surface area contributed by atoms with E-state index in [1.165, 1.54) is 17.7 Å². The summed E-state index contributed by atoms with van der Waals surface area (Å²) in [5, 5.41) is 0. The molecule has 0 atom stereocenters. The van der Waals surface area contributed by atoms with Gasteiger partial charge >= 0.3 is 0 Å². The van der Waals surface area contributed by atoms with Gasteiger partial charge in [-0.25, -0.2) is 4.98 Å². The molecule has 1 heterocycles. The van der Waals surface area contributed by atoms with Crippen LogP contribution >= 0.6 is 0 Å². The van der Waals surface area contributed by atoms with Crippen molar-refractivity contribution in [3.63, 3.8) is 0 Å². The van der Waals surface area contributed by atoms with E-state index in [1.807, 2.05) is 6.92 Å². The van der Waals surface area contributed by atoms with Crippen molar-refractivity contribution in [3.8, 4) is 5.88 Å². The van der Waals surface area contributed by atoms with Crippen LogP contribution in [0.2, 0.25) is 0 Å². The van der Waals surface area contributed by atoms with E-state index in [1.54, 1.807) is 0 Å². The van der Waals surface area contributed by atoms with Crippen molar-refractivity contribution in [1.82, 2.24) is 4.98 Å². The van der Waals surface area contributed by atoms with Crippen LogP contribution in [0.4, 0.5) is 0 Å². The number of aromatic nitrogens is 1. The highest BCUT2D eigenvalue weighted by Crippen LogP contribution is 2.26. The summed E-state index contributed by atoms with van der Waals surface area (Å²) < 4.78 is 10.9. The number of hydrogen-bond acceptors (Lipinski definition) is 4. The second-order valence-electron chi connectivity index (χ2n) is 4.16. The number of hydrogen-bond donors (Lipinski definition) is 1. The van der Waals surface area contributed by atoms with Gasteiger partial charge in [-0.05, 0) is 37.8 Å². The Morgan fingerprint density at radius 1 is 1.35 bits per heavy atom. The molecule has 17 heavy (non-hydrogen) atoms. The van der Waals surface area contributed by atoms with Gasteiger partial charge in [0.25, 0.3) is 0 Å². The fourth-order valence-electron chi connectivity index (χ4n) is 2.11. The highest BCUT2D eigenvalue weighted by molar-refractivity contribution is 5.36. The van der Waals surface area contributed by atoms with Crippen molar-refractivity contribution in [2.75, 3.05) is 19.8 Å². The van der Waals surface area contributed by atoms with Gasteiger partial charge in [-0.2, -0.15) is 0 Å². The Balaban J connectivity index is 2.04. The largest absolute Gasteiger partial charge is 0.475 e. The Morgan fingerprint density at radius 3 is 3.00 bits per heavy atom. The minimum Gasteiger partial charge on any atom is -0.475 e. The first kappa shape index (κ1) is 12.3. The molecule has 0 saturated carbocycles. The normalized spacial score (nSPS) is 13.8. The van der Waals surface area contributed by atoms with Gasteiger partial charge in [-0.1, -0.05) is 0 Å². The van der Waals surface area contributed by atoms with E-state index < -0.39 is 0 Å². The molecule has 0 aromatic carbocycles. The third-order valence-corrected chi connectivity index (χ3v) is 2.98. The second kappa shape index (κ2) is 5.98. The van der Waals surface area contributed by atoms with Crippen LogP contribution in [0.25, 0.3) is 0 Å². The number of fused-ring (bicyclic) bond motifs is 1. The number of nitrogens with zero attached hydrogens (tertiary/aromatic N) is 1. The Bertz CT molecular complexity index is 380. The van der Waals surface area contributed by atoms with E-state index >= 15 is 0 Å². The lowest BCUT2D eigenvalue weighted by Gasteiger charge is -2.11. The highest BCUT2D eigenvalue weighted by atomic mass is 16.5. The minimum atomic E-state index is 0.476. The highest BCUT2D eigenvalue weighted by Gasteiger charge is 2.16. The maximum Gasteiger partial charge on any atom is 0.218 e. The molecule has 1 aliphatic carbocycles. The molecule has 0 saturated heterocycles. The molecule has 4 heteroatoms. The molecule has 1 aliphatic rings. The van der Waals surface area contributed by atoms with Crippen molar-refractivity contribution in [1.29, 1.82) is 0 Å². The van der Waals surface area contributed by atoms with Gasteiger partial charge in [0.05, 0.1) is 6.61 Å². The lowest BCUT2D eigenvalue weighted by Crippen LogP contribution is -2.11. The monoisotopic (exact) mass is 236 g/mol. The van der Waals surface area contributed by atoms with Crippen LogP contribution in [0.1, 0.15) is 30.2 Å². The van der Waals surface area contributed by atoms with Crippen LogP contribution in [-0.2, 0) is 24.1 Å². The van der Waals surface area contributed by atoms with Crippen molar-refractivity contribution in [2.45, 2.75) is 32.7 Å². The zero-order chi connectivity index (χ0) is 12.1. The Hall–Kier alpha value is -1.13. The van der Waals surface area contributed by atoms with Crippen molar-refractivity contribution in [2.24, 2.45) is 5.73 Å². The zero-order valence-electron chi connectivity index (χ0n) is 10.4. The zero-order valence-corrected chi connectivity index (χ0v) is 10.4. The fraction of sp³-hybridized carbons (Fsp3) is 0.615. The number of aryl methyl sites for hydroxylation is 2. The predicted octanol–water partition coefficient (Wildman–Crippen LogP) is 1.44. The Labute approximate surface area is 102 Å². The minimum absolute atomic E-state index is 0.476. The van der Waals surface area contributed by atoms with E-state index in [0.29, 0.717) is 32.2 Å². The van der Waals surface area contributed by atoms with Gasteiger partial charge in [0.15, 0.2) is 0 Å². The molecule has 1 aromatic rings. The lowest BCUT2D eigenvalue weighted by molar-refractivity contribution is 0.108. The summed E-state index contributed by atoms with van der Waals surface area (Å²) in [5.41, 5.74) is 9.24. The van der Waals surface area contributed by atoms with Gasteiger partial charge in [0.2, 0.25) is 5.88 Å². The molecule has 0 bridgehead atoms. The fourth-order valence-corrected chi connectivity index (χ4v) is 2.11. The maximum absolute atomic E-state index is 5.72. The standard InChI is InChI=1S/C13H20N2O2/c1-2-16-6-7-17-13-11(9-14)8-10-4-3-5-12(10)15-13/h8H,2-7,9,14H2,1H3. The molecular formula is C13H20N2O2. The van der Waals surface area contributed by atoms with Crippen LogP contribution < -0.4 is 10.5 Å². The Morgan fingerprint density at radius 2 is 2.24 bits per heavy atom. The summed E-state index contributed by atoms with van der Waals surface area (Å²) in [6, 6.07) is 2.14. The topological polar surface area (TPSA) is 57.4 Å². The van der Waals surface area contributed by atoms with Crippen molar-refractivity contribution < 1.29 is 9.47 Å². The first-order chi connectivity index (χ1) is 8.35. The number of pyridine rings is 1. The van der Waals surface area contributed by atoms with Crippen LogP contribution in [0, 0.1) is 0 Å².